The Morgan fingerprint density at radius 2 is 1.90 bits per heavy atom. The maximum atomic E-state index is 4.66. The highest BCUT2D eigenvalue weighted by atomic mass is 32.2. The summed E-state index contributed by atoms with van der Waals surface area (Å²) in [6, 6.07) is 12.1. The van der Waals surface area contributed by atoms with Gasteiger partial charge in [0, 0.05) is 18.7 Å². The molecular formula is C16H21N3S. The SMILES string of the molecule is CNc1cc(SCCC(C)C)nc(-c2ccccc2)n1. The lowest BCUT2D eigenvalue weighted by Crippen LogP contribution is -1.99. The van der Waals surface area contributed by atoms with E-state index in [1.807, 2.05) is 43.4 Å². The lowest BCUT2D eigenvalue weighted by molar-refractivity contribution is 0.632. The normalized spacial score (nSPS) is 10.8. The first-order chi connectivity index (χ1) is 9.69. The van der Waals surface area contributed by atoms with Crippen molar-refractivity contribution in [2.24, 2.45) is 5.92 Å². The zero-order chi connectivity index (χ0) is 14.4. The number of nitrogens with one attached hydrogen (secondary N) is 1. The monoisotopic (exact) mass is 287 g/mol. The fourth-order valence-electron chi connectivity index (χ4n) is 1.74. The van der Waals surface area contributed by atoms with Crippen LogP contribution < -0.4 is 5.32 Å². The minimum absolute atomic E-state index is 0.724. The molecule has 1 heterocycles. The van der Waals surface area contributed by atoms with E-state index in [0.717, 1.165) is 33.9 Å². The molecule has 2 aromatic rings. The van der Waals surface area contributed by atoms with Gasteiger partial charge in [0.2, 0.25) is 0 Å². The van der Waals surface area contributed by atoms with E-state index in [4.69, 9.17) is 0 Å². The van der Waals surface area contributed by atoms with Gasteiger partial charge in [0.15, 0.2) is 5.82 Å². The zero-order valence-corrected chi connectivity index (χ0v) is 13.1. The van der Waals surface area contributed by atoms with E-state index >= 15 is 0 Å². The largest absolute Gasteiger partial charge is 0.373 e. The van der Waals surface area contributed by atoms with E-state index in [9.17, 15) is 0 Å². The highest BCUT2D eigenvalue weighted by Gasteiger charge is 2.07. The number of anilines is 1. The number of thioether (sulfide) groups is 1. The molecule has 0 saturated heterocycles. The van der Waals surface area contributed by atoms with Gasteiger partial charge in [0.05, 0.1) is 0 Å². The van der Waals surface area contributed by atoms with Crippen LogP contribution in [0.25, 0.3) is 11.4 Å². The summed E-state index contributed by atoms with van der Waals surface area (Å²) in [4.78, 5) is 9.19. The molecule has 0 aliphatic heterocycles. The molecular weight excluding hydrogens is 266 g/mol. The van der Waals surface area contributed by atoms with E-state index < -0.39 is 0 Å². The second-order valence-electron chi connectivity index (χ2n) is 5.06. The summed E-state index contributed by atoms with van der Waals surface area (Å²) >= 11 is 1.80. The van der Waals surface area contributed by atoms with Crippen molar-refractivity contribution < 1.29 is 0 Å². The number of hydrogen-bond donors (Lipinski definition) is 1. The summed E-state index contributed by atoms with van der Waals surface area (Å²) in [5.41, 5.74) is 1.05. The van der Waals surface area contributed by atoms with Crippen molar-refractivity contribution in [3.05, 3.63) is 36.4 Å². The second kappa shape index (κ2) is 7.29. The van der Waals surface area contributed by atoms with E-state index in [1.165, 1.54) is 6.42 Å². The summed E-state index contributed by atoms with van der Waals surface area (Å²) in [5, 5.41) is 4.14. The van der Waals surface area contributed by atoms with Gasteiger partial charge < -0.3 is 5.32 Å². The van der Waals surface area contributed by atoms with Crippen molar-refractivity contribution >= 4 is 17.6 Å². The van der Waals surface area contributed by atoms with Gasteiger partial charge in [-0.05, 0) is 18.1 Å². The number of hydrogen-bond acceptors (Lipinski definition) is 4. The summed E-state index contributed by atoms with van der Waals surface area (Å²) in [6.45, 7) is 4.49. The van der Waals surface area contributed by atoms with Crippen molar-refractivity contribution in [2.75, 3.05) is 18.1 Å². The van der Waals surface area contributed by atoms with Gasteiger partial charge in [-0.2, -0.15) is 0 Å². The first-order valence-electron chi connectivity index (χ1n) is 6.94. The molecule has 1 N–H and O–H groups in total. The minimum atomic E-state index is 0.724. The van der Waals surface area contributed by atoms with E-state index in [-0.39, 0.29) is 0 Å². The zero-order valence-electron chi connectivity index (χ0n) is 12.3. The first-order valence-corrected chi connectivity index (χ1v) is 7.92. The van der Waals surface area contributed by atoms with Gasteiger partial charge in [-0.1, -0.05) is 44.2 Å². The van der Waals surface area contributed by atoms with Crippen LogP contribution in [0.3, 0.4) is 0 Å². The van der Waals surface area contributed by atoms with Gasteiger partial charge in [-0.25, -0.2) is 9.97 Å². The molecule has 1 aromatic heterocycles. The molecule has 0 aliphatic carbocycles. The third kappa shape index (κ3) is 4.23. The molecule has 0 amide bonds. The number of nitrogens with zero attached hydrogens (tertiary/aromatic N) is 2. The topological polar surface area (TPSA) is 37.8 Å². The Morgan fingerprint density at radius 3 is 2.55 bits per heavy atom. The molecule has 1 aromatic carbocycles. The van der Waals surface area contributed by atoms with Crippen LogP contribution in [0.1, 0.15) is 20.3 Å². The molecule has 2 rings (SSSR count). The van der Waals surface area contributed by atoms with E-state index in [1.54, 1.807) is 11.8 Å². The molecule has 0 spiro atoms. The summed E-state index contributed by atoms with van der Waals surface area (Å²) in [5.74, 6) is 3.46. The van der Waals surface area contributed by atoms with Gasteiger partial charge >= 0.3 is 0 Å². The van der Waals surface area contributed by atoms with Crippen LogP contribution in [-0.4, -0.2) is 22.8 Å². The molecule has 3 nitrogen and oxygen atoms in total. The Kier molecular flexibility index (Phi) is 5.41. The Balaban J connectivity index is 2.20. The van der Waals surface area contributed by atoms with E-state index in [2.05, 4.69) is 29.1 Å². The average Bonchev–Trinajstić information content (AvgIpc) is 2.47. The lowest BCUT2D eigenvalue weighted by Gasteiger charge is -2.08. The standard InChI is InChI=1S/C16H21N3S/c1-12(2)9-10-20-15-11-14(17-3)18-16(19-15)13-7-5-4-6-8-13/h4-8,11-12H,9-10H2,1-3H3,(H,17,18,19). The van der Waals surface area contributed by atoms with Crippen LogP contribution in [0.5, 0.6) is 0 Å². The van der Waals surface area contributed by atoms with Crippen LogP contribution in [-0.2, 0) is 0 Å². The summed E-state index contributed by atoms with van der Waals surface area (Å²) in [6.07, 6.45) is 1.20. The molecule has 0 unspecified atom stereocenters. The number of aromatic nitrogens is 2. The third-order valence-electron chi connectivity index (χ3n) is 2.94. The van der Waals surface area contributed by atoms with Crippen LogP contribution in [0.15, 0.2) is 41.4 Å². The maximum absolute atomic E-state index is 4.66. The predicted molar refractivity (Wildman–Crippen MR) is 87.2 cm³/mol. The quantitative estimate of drug-likeness (QED) is 0.634. The van der Waals surface area contributed by atoms with Crippen LogP contribution >= 0.6 is 11.8 Å². The molecule has 106 valence electrons. The van der Waals surface area contributed by atoms with Crippen molar-refractivity contribution in [1.29, 1.82) is 0 Å². The van der Waals surface area contributed by atoms with Crippen LogP contribution in [0.2, 0.25) is 0 Å². The molecule has 4 heteroatoms. The summed E-state index contributed by atoms with van der Waals surface area (Å²) in [7, 11) is 1.89. The Hall–Kier alpha value is -1.55. The van der Waals surface area contributed by atoms with Gasteiger partial charge in [-0.3, -0.25) is 0 Å². The Bertz CT molecular complexity index is 541. The van der Waals surface area contributed by atoms with E-state index in [0.29, 0.717) is 0 Å². The summed E-state index contributed by atoms with van der Waals surface area (Å²) < 4.78 is 0. The molecule has 0 radical (unpaired) electrons. The van der Waals surface area contributed by atoms with Crippen molar-refractivity contribution in [2.45, 2.75) is 25.3 Å². The van der Waals surface area contributed by atoms with Crippen molar-refractivity contribution in [1.82, 2.24) is 9.97 Å². The first kappa shape index (κ1) is 14.9. The smallest absolute Gasteiger partial charge is 0.162 e. The van der Waals surface area contributed by atoms with Gasteiger partial charge in [-0.15, -0.1) is 11.8 Å². The molecule has 0 bridgehead atoms. The van der Waals surface area contributed by atoms with Crippen LogP contribution in [0.4, 0.5) is 5.82 Å². The molecule has 0 aliphatic rings. The minimum Gasteiger partial charge on any atom is -0.373 e. The van der Waals surface area contributed by atoms with Crippen LogP contribution in [0, 0.1) is 5.92 Å². The maximum Gasteiger partial charge on any atom is 0.162 e. The fourth-order valence-corrected chi connectivity index (χ4v) is 2.89. The third-order valence-corrected chi connectivity index (χ3v) is 3.88. The molecule has 0 atom stereocenters. The molecule has 0 fully saturated rings. The predicted octanol–water partition coefficient (Wildman–Crippen LogP) is 4.32. The number of rotatable bonds is 6. The highest BCUT2D eigenvalue weighted by Crippen LogP contribution is 2.24. The van der Waals surface area contributed by atoms with Gasteiger partial charge in [0.1, 0.15) is 10.8 Å². The Labute approximate surface area is 125 Å². The second-order valence-corrected chi connectivity index (χ2v) is 6.18. The van der Waals surface area contributed by atoms with Crippen molar-refractivity contribution in [3.8, 4) is 11.4 Å². The molecule has 20 heavy (non-hydrogen) atoms. The Morgan fingerprint density at radius 1 is 1.15 bits per heavy atom. The highest BCUT2D eigenvalue weighted by molar-refractivity contribution is 7.99. The molecule has 0 saturated carbocycles. The van der Waals surface area contributed by atoms with Gasteiger partial charge in [0.25, 0.3) is 0 Å². The lowest BCUT2D eigenvalue weighted by atomic mass is 10.2. The van der Waals surface area contributed by atoms with Crippen molar-refractivity contribution in [3.63, 3.8) is 0 Å². The number of benzene rings is 1. The average molecular weight is 287 g/mol. The fraction of sp³-hybridized carbons (Fsp3) is 0.375.